The number of rotatable bonds is 5. The van der Waals surface area contributed by atoms with E-state index in [0.29, 0.717) is 13.2 Å². The van der Waals surface area contributed by atoms with E-state index in [2.05, 4.69) is 10.1 Å². The molecule has 0 radical (unpaired) electrons. The molecule has 8 nitrogen and oxygen atoms in total. The number of morpholine rings is 1. The minimum atomic E-state index is -0.591. The van der Waals surface area contributed by atoms with Gasteiger partial charge in [-0.2, -0.15) is 5.10 Å². The molecule has 1 aliphatic carbocycles. The first-order valence-electron chi connectivity index (χ1n) is 10.6. The minimum absolute atomic E-state index is 0.0946. The molecule has 0 spiro atoms. The number of hydrogen-bond donors (Lipinski definition) is 0. The van der Waals surface area contributed by atoms with Gasteiger partial charge in [0.25, 0.3) is 5.91 Å². The Labute approximate surface area is 176 Å². The second-order valence-electron chi connectivity index (χ2n) is 8.15. The molecule has 2 aromatic rings. The lowest BCUT2D eigenvalue weighted by molar-refractivity contribution is -0.152. The van der Waals surface area contributed by atoms with Gasteiger partial charge in [-0.25, -0.2) is 9.48 Å². The topological polar surface area (TPSA) is 86.5 Å². The second-order valence-corrected chi connectivity index (χ2v) is 8.15. The quantitative estimate of drug-likeness (QED) is 0.702. The average molecular weight is 412 g/mol. The van der Waals surface area contributed by atoms with Crippen molar-refractivity contribution >= 4 is 11.9 Å². The minimum Gasteiger partial charge on any atom is -0.451 e. The first-order valence-corrected chi connectivity index (χ1v) is 10.6. The fourth-order valence-electron chi connectivity index (χ4n) is 4.29. The largest absolute Gasteiger partial charge is 0.451 e. The molecule has 2 atom stereocenters. The van der Waals surface area contributed by atoms with Crippen LogP contribution in [0.5, 0.6) is 0 Å². The van der Waals surface area contributed by atoms with Crippen LogP contribution in [0.25, 0.3) is 5.69 Å². The number of amides is 1. The Hall–Kier alpha value is -2.74. The first-order chi connectivity index (χ1) is 14.5. The third-order valence-electron chi connectivity index (χ3n) is 5.82. The Morgan fingerprint density at radius 1 is 1.23 bits per heavy atom. The van der Waals surface area contributed by atoms with Crippen molar-refractivity contribution in [1.29, 1.82) is 0 Å². The predicted molar refractivity (Wildman–Crippen MR) is 109 cm³/mol. The number of hydrogen-bond acceptors (Lipinski definition) is 6. The number of pyridine rings is 1. The van der Waals surface area contributed by atoms with Crippen molar-refractivity contribution in [2.24, 2.45) is 0 Å². The molecular formula is C22H28N4O4. The van der Waals surface area contributed by atoms with Crippen LogP contribution in [0.4, 0.5) is 0 Å². The summed E-state index contributed by atoms with van der Waals surface area (Å²) in [6.45, 7) is 4.88. The monoisotopic (exact) mass is 412 g/mol. The van der Waals surface area contributed by atoms with Crippen molar-refractivity contribution in [3.05, 3.63) is 42.0 Å². The lowest BCUT2D eigenvalue weighted by Crippen LogP contribution is -2.55. The number of carbonyl (C=O) groups excluding carboxylic acids is 2. The summed E-state index contributed by atoms with van der Waals surface area (Å²) in [6, 6.07) is 5.48. The summed E-state index contributed by atoms with van der Waals surface area (Å²) in [5.74, 6) is -0.599. The van der Waals surface area contributed by atoms with E-state index in [-0.39, 0.29) is 36.3 Å². The maximum Gasteiger partial charge on any atom is 0.359 e. The lowest BCUT2D eigenvalue weighted by Gasteiger charge is -2.43. The van der Waals surface area contributed by atoms with E-state index in [1.807, 2.05) is 30.9 Å². The van der Waals surface area contributed by atoms with Crippen LogP contribution in [0, 0.1) is 0 Å². The zero-order chi connectivity index (χ0) is 21.1. The Balaban J connectivity index is 1.43. The van der Waals surface area contributed by atoms with Gasteiger partial charge in [-0.3, -0.25) is 9.78 Å². The molecule has 8 heteroatoms. The summed E-state index contributed by atoms with van der Waals surface area (Å²) >= 11 is 0. The van der Waals surface area contributed by atoms with Gasteiger partial charge in [0.15, 0.2) is 12.3 Å². The molecule has 1 amide bonds. The molecule has 1 saturated heterocycles. The van der Waals surface area contributed by atoms with Crippen molar-refractivity contribution < 1.29 is 19.1 Å². The van der Waals surface area contributed by atoms with Gasteiger partial charge in [0.1, 0.15) is 0 Å². The standard InChI is InChI=1S/C22H28N4O4/c1-15(2)19-13-17(24-26(19)16-7-9-23-10-8-16)22(28)30-14-21(27)25-11-12-29-20-6-4-3-5-18(20)25/h7-10,13,15,18,20H,3-6,11-12,14H2,1-2H3/t18-,20+/m0/s1. The molecule has 0 bridgehead atoms. The molecule has 30 heavy (non-hydrogen) atoms. The Bertz CT molecular complexity index is 894. The van der Waals surface area contributed by atoms with Crippen molar-refractivity contribution in [2.45, 2.75) is 57.6 Å². The molecule has 2 aliphatic rings. The van der Waals surface area contributed by atoms with Gasteiger partial charge in [0.2, 0.25) is 0 Å². The second kappa shape index (κ2) is 8.95. The third-order valence-corrected chi connectivity index (χ3v) is 5.82. The molecule has 0 aromatic carbocycles. The SMILES string of the molecule is CC(C)c1cc(C(=O)OCC(=O)N2CCO[C@@H]3CCCC[C@@H]32)nn1-c1ccncc1. The van der Waals surface area contributed by atoms with Crippen LogP contribution in [0.1, 0.15) is 61.6 Å². The van der Waals surface area contributed by atoms with Gasteiger partial charge in [-0.05, 0) is 37.0 Å². The van der Waals surface area contributed by atoms with E-state index in [9.17, 15) is 9.59 Å². The van der Waals surface area contributed by atoms with Gasteiger partial charge >= 0.3 is 5.97 Å². The smallest absolute Gasteiger partial charge is 0.359 e. The van der Waals surface area contributed by atoms with Gasteiger partial charge in [-0.15, -0.1) is 0 Å². The summed E-state index contributed by atoms with van der Waals surface area (Å²) in [4.78, 5) is 31.2. The van der Waals surface area contributed by atoms with E-state index in [1.165, 1.54) is 0 Å². The Morgan fingerprint density at radius 3 is 2.77 bits per heavy atom. The molecule has 1 saturated carbocycles. The Morgan fingerprint density at radius 2 is 2.00 bits per heavy atom. The van der Waals surface area contributed by atoms with Gasteiger partial charge in [0.05, 0.1) is 24.4 Å². The maximum absolute atomic E-state index is 12.8. The van der Waals surface area contributed by atoms with Crippen LogP contribution in [0.15, 0.2) is 30.6 Å². The van der Waals surface area contributed by atoms with Gasteiger partial charge in [-0.1, -0.05) is 26.7 Å². The summed E-state index contributed by atoms with van der Waals surface area (Å²) < 4.78 is 12.9. The highest BCUT2D eigenvalue weighted by molar-refractivity contribution is 5.89. The van der Waals surface area contributed by atoms with Crippen molar-refractivity contribution in [3.8, 4) is 5.69 Å². The van der Waals surface area contributed by atoms with Gasteiger partial charge in [0, 0.05) is 24.6 Å². The summed E-state index contributed by atoms with van der Waals surface area (Å²) in [7, 11) is 0. The summed E-state index contributed by atoms with van der Waals surface area (Å²) in [5, 5.41) is 4.43. The van der Waals surface area contributed by atoms with E-state index in [4.69, 9.17) is 9.47 Å². The normalized spacial score (nSPS) is 21.4. The summed E-state index contributed by atoms with van der Waals surface area (Å²) in [5.41, 5.74) is 1.90. The molecule has 4 rings (SSSR count). The highest BCUT2D eigenvalue weighted by atomic mass is 16.5. The third kappa shape index (κ3) is 4.23. The number of fused-ring (bicyclic) bond motifs is 1. The van der Waals surface area contributed by atoms with Crippen molar-refractivity contribution in [1.82, 2.24) is 19.7 Å². The highest BCUT2D eigenvalue weighted by Crippen LogP contribution is 2.28. The Kier molecular flexibility index (Phi) is 6.13. The number of carbonyl (C=O) groups is 2. The number of esters is 1. The van der Waals surface area contributed by atoms with Crippen LogP contribution in [-0.4, -0.2) is 63.4 Å². The zero-order valence-corrected chi connectivity index (χ0v) is 17.5. The van der Waals surface area contributed by atoms with E-state index >= 15 is 0 Å². The van der Waals surface area contributed by atoms with Crippen molar-refractivity contribution in [3.63, 3.8) is 0 Å². The molecule has 2 fully saturated rings. The molecule has 0 unspecified atom stereocenters. The van der Waals surface area contributed by atoms with Gasteiger partial charge < -0.3 is 14.4 Å². The predicted octanol–water partition coefficient (Wildman–Crippen LogP) is 2.72. The van der Waals surface area contributed by atoms with Crippen LogP contribution in [0.2, 0.25) is 0 Å². The fourth-order valence-corrected chi connectivity index (χ4v) is 4.29. The molecule has 3 heterocycles. The van der Waals surface area contributed by atoms with Crippen LogP contribution in [-0.2, 0) is 14.3 Å². The van der Waals surface area contributed by atoms with E-state index in [0.717, 1.165) is 37.1 Å². The highest BCUT2D eigenvalue weighted by Gasteiger charge is 2.37. The van der Waals surface area contributed by atoms with Crippen LogP contribution < -0.4 is 0 Å². The first kappa shape index (κ1) is 20.5. The lowest BCUT2D eigenvalue weighted by atomic mass is 9.90. The van der Waals surface area contributed by atoms with E-state index in [1.54, 1.807) is 23.1 Å². The average Bonchev–Trinajstić information content (AvgIpc) is 3.23. The number of ether oxygens (including phenoxy) is 2. The molecule has 160 valence electrons. The van der Waals surface area contributed by atoms with Crippen molar-refractivity contribution in [2.75, 3.05) is 19.8 Å². The van der Waals surface area contributed by atoms with E-state index < -0.39 is 5.97 Å². The van der Waals surface area contributed by atoms with Crippen LogP contribution >= 0.6 is 0 Å². The fraction of sp³-hybridized carbons (Fsp3) is 0.545. The van der Waals surface area contributed by atoms with Crippen LogP contribution in [0.3, 0.4) is 0 Å². The summed E-state index contributed by atoms with van der Waals surface area (Å²) in [6.07, 6.45) is 7.63. The molecule has 2 aromatic heterocycles. The molecular weight excluding hydrogens is 384 g/mol. The molecule has 1 aliphatic heterocycles. The molecule has 0 N–H and O–H groups in total. The number of aromatic nitrogens is 3. The zero-order valence-electron chi connectivity index (χ0n) is 17.5. The maximum atomic E-state index is 12.8. The number of nitrogens with zero attached hydrogens (tertiary/aromatic N) is 4.